The Morgan fingerprint density at radius 2 is 2.10 bits per heavy atom. The van der Waals surface area contributed by atoms with Crippen LogP contribution in [0.3, 0.4) is 0 Å². The third kappa shape index (κ3) is 3.04. The van der Waals surface area contributed by atoms with Gasteiger partial charge in [0, 0.05) is 11.7 Å². The molecule has 1 aliphatic rings. The first-order valence-corrected chi connectivity index (χ1v) is 7.75. The molecule has 5 heteroatoms. The van der Waals surface area contributed by atoms with Crippen LogP contribution in [0.1, 0.15) is 43.5 Å². The van der Waals surface area contributed by atoms with Crippen LogP contribution in [0.2, 0.25) is 10.0 Å². The molecule has 0 aliphatic heterocycles. The van der Waals surface area contributed by atoms with E-state index in [2.05, 4.69) is 19.2 Å². The van der Waals surface area contributed by atoms with Crippen LogP contribution in [0.15, 0.2) is 12.1 Å². The van der Waals surface area contributed by atoms with E-state index in [1.165, 1.54) is 0 Å². The van der Waals surface area contributed by atoms with E-state index in [9.17, 15) is 4.79 Å². The first-order valence-electron chi connectivity index (χ1n) is 6.99. The summed E-state index contributed by atoms with van der Waals surface area (Å²) in [6, 6.07) is 3.32. The van der Waals surface area contributed by atoms with Crippen molar-refractivity contribution in [1.29, 1.82) is 0 Å². The summed E-state index contributed by atoms with van der Waals surface area (Å²) in [6.45, 7) is 4.39. The van der Waals surface area contributed by atoms with E-state index in [1.807, 2.05) is 0 Å². The quantitative estimate of drug-likeness (QED) is 0.824. The summed E-state index contributed by atoms with van der Waals surface area (Å²) in [5.41, 5.74) is 6.51. The van der Waals surface area contributed by atoms with Crippen molar-refractivity contribution in [2.45, 2.75) is 39.2 Å². The van der Waals surface area contributed by atoms with Gasteiger partial charge in [-0.3, -0.25) is 4.79 Å². The summed E-state index contributed by atoms with van der Waals surface area (Å²) < 4.78 is 0. The first kappa shape index (κ1) is 15.5. The number of nitrogens with two attached hydrogens (primary N) is 1. The van der Waals surface area contributed by atoms with E-state index >= 15 is 0 Å². The summed E-state index contributed by atoms with van der Waals surface area (Å²) in [6.07, 6.45) is 3.32. The van der Waals surface area contributed by atoms with Gasteiger partial charge in [0.05, 0.1) is 15.6 Å². The minimum Gasteiger partial charge on any atom is -0.399 e. The second-order valence-electron chi connectivity index (χ2n) is 5.55. The highest BCUT2D eigenvalue weighted by Gasteiger charge is 2.32. The number of hydrogen-bond acceptors (Lipinski definition) is 2. The average Bonchev–Trinajstić information content (AvgIpc) is 2.74. The Labute approximate surface area is 129 Å². The molecule has 3 unspecified atom stereocenters. The first-order chi connectivity index (χ1) is 9.43. The largest absolute Gasteiger partial charge is 0.399 e. The molecular formula is C15H20Cl2N2O. The molecule has 0 heterocycles. The highest BCUT2D eigenvalue weighted by molar-refractivity contribution is 6.44. The van der Waals surface area contributed by atoms with Crippen molar-refractivity contribution in [3.05, 3.63) is 27.7 Å². The van der Waals surface area contributed by atoms with E-state index < -0.39 is 0 Å². The van der Waals surface area contributed by atoms with Gasteiger partial charge in [-0.1, -0.05) is 43.5 Å². The molecule has 0 aromatic heterocycles. The number of nitrogen functional groups attached to an aromatic ring is 1. The standard InChI is InChI=1S/C15H20Cl2N2O/c1-3-9-4-5-13(8(9)2)19-15(20)11-6-10(18)7-12(16)14(11)17/h6-9,13H,3-5,18H2,1-2H3,(H,19,20). The van der Waals surface area contributed by atoms with Gasteiger partial charge in [0.2, 0.25) is 0 Å². The smallest absolute Gasteiger partial charge is 0.253 e. The van der Waals surface area contributed by atoms with E-state index in [1.54, 1.807) is 12.1 Å². The number of carbonyl (C=O) groups is 1. The van der Waals surface area contributed by atoms with E-state index in [0.29, 0.717) is 28.1 Å². The molecule has 3 N–H and O–H groups in total. The second-order valence-corrected chi connectivity index (χ2v) is 6.33. The van der Waals surface area contributed by atoms with Gasteiger partial charge in [0.25, 0.3) is 5.91 Å². The van der Waals surface area contributed by atoms with Gasteiger partial charge in [0.15, 0.2) is 0 Å². The van der Waals surface area contributed by atoms with Crippen molar-refractivity contribution < 1.29 is 4.79 Å². The monoisotopic (exact) mass is 314 g/mol. The zero-order valence-corrected chi connectivity index (χ0v) is 13.3. The molecule has 0 radical (unpaired) electrons. The molecule has 1 amide bonds. The predicted octanol–water partition coefficient (Wildman–Crippen LogP) is 4.13. The van der Waals surface area contributed by atoms with Crippen molar-refractivity contribution >= 4 is 34.8 Å². The highest BCUT2D eigenvalue weighted by Crippen LogP contribution is 2.34. The molecule has 0 saturated heterocycles. The fourth-order valence-electron chi connectivity index (χ4n) is 3.05. The topological polar surface area (TPSA) is 55.1 Å². The lowest BCUT2D eigenvalue weighted by Crippen LogP contribution is -2.37. The van der Waals surface area contributed by atoms with Gasteiger partial charge < -0.3 is 11.1 Å². The summed E-state index contributed by atoms with van der Waals surface area (Å²) in [4.78, 5) is 12.4. The van der Waals surface area contributed by atoms with Crippen LogP contribution in [-0.2, 0) is 0 Å². The van der Waals surface area contributed by atoms with Crippen LogP contribution in [-0.4, -0.2) is 11.9 Å². The van der Waals surface area contributed by atoms with Gasteiger partial charge >= 0.3 is 0 Å². The minimum absolute atomic E-state index is 0.196. The maximum Gasteiger partial charge on any atom is 0.253 e. The molecule has 1 aromatic rings. The van der Waals surface area contributed by atoms with Crippen LogP contribution in [0.5, 0.6) is 0 Å². The Balaban J connectivity index is 2.13. The van der Waals surface area contributed by atoms with Crippen LogP contribution < -0.4 is 11.1 Å². The fraction of sp³-hybridized carbons (Fsp3) is 0.533. The van der Waals surface area contributed by atoms with Gasteiger partial charge in [-0.15, -0.1) is 0 Å². The molecule has 0 bridgehead atoms. The predicted molar refractivity (Wildman–Crippen MR) is 84.3 cm³/mol. The SMILES string of the molecule is CCC1CCC(NC(=O)c2cc(N)cc(Cl)c2Cl)C1C. The van der Waals surface area contributed by atoms with Crippen LogP contribution in [0.4, 0.5) is 5.69 Å². The molecular weight excluding hydrogens is 295 g/mol. The highest BCUT2D eigenvalue weighted by atomic mass is 35.5. The molecule has 0 spiro atoms. The molecule has 1 aromatic carbocycles. The number of nitrogens with one attached hydrogen (secondary N) is 1. The van der Waals surface area contributed by atoms with Crippen molar-refractivity contribution in [2.75, 3.05) is 5.73 Å². The third-order valence-electron chi connectivity index (χ3n) is 4.36. The summed E-state index contributed by atoms with van der Waals surface area (Å²) in [7, 11) is 0. The summed E-state index contributed by atoms with van der Waals surface area (Å²) in [5, 5.41) is 3.64. The van der Waals surface area contributed by atoms with Gasteiger partial charge in [0.1, 0.15) is 0 Å². The molecule has 1 aliphatic carbocycles. The normalized spacial score (nSPS) is 25.7. The Kier molecular flexibility index (Phi) is 4.82. The van der Waals surface area contributed by atoms with Crippen molar-refractivity contribution in [2.24, 2.45) is 11.8 Å². The van der Waals surface area contributed by atoms with Crippen molar-refractivity contribution in [1.82, 2.24) is 5.32 Å². The van der Waals surface area contributed by atoms with Crippen LogP contribution in [0, 0.1) is 11.8 Å². The van der Waals surface area contributed by atoms with Crippen molar-refractivity contribution in [3.8, 4) is 0 Å². The molecule has 1 fully saturated rings. The van der Waals surface area contributed by atoms with Gasteiger partial charge in [-0.05, 0) is 36.8 Å². The number of amides is 1. The number of rotatable bonds is 3. The average molecular weight is 315 g/mol. The number of halogens is 2. The second kappa shape index (κ2) is 6.23. The molecule has 110 valence electrons. The number of benzene rings is 1. The fourth-order valence-corrected chi connectivity index (χ4v) is 3.47. The van der Waals surface area contributed by atoms with E-state index in [4.69, 9.17) is 28.9 Å². The van der Waals surface area contributed by atoms with E-state index in [0.717, 1.165) is 19.3 Å². The van der Waals surface area contributed by atoms with Crippen molar-refractivity contribution in [3.63, 3.8) is 0 Å². The molecule has 1 saturated carbocycles. The molecule has 3 atom stereocenters. The summed E-state index contributed by atoms with van der Waals surface area (Å²) >= 11 is 12.1. The minimum atomic E-state index is -0.196. The van der Waals surface area contributed by atoms with Gasteiger partial charge in [-0.2, -0.15) is 0 Å². The molecule has 2 rings (SSSR count). The summed E-state index contributed by atoms with van der Waals surface area (Å²) in [5.74, 6) is 0.970. The maximum absolute atomic E-state index is 12.4. The number of hydrogen-bond donors (Lipinski definition) is 2. The van der Waals surface area contributed by atoms with Crippen LogP contribution >= 0.6 is 23.2 Å². The lowest BCUT2D eigenvalue weighted by molar-refractivity contribution is 0.0926. The molecule has 20 heavy (non-hydrogen) atoms. The van der Waals surface area contributed by atoms with Gasteiger partial charge in [-0.25, -0.2) is 0 Å². The zero-order valence-electron chi connectivity index (χ0n) is 11.7. The Hall–Kier alpha value is -0.930. The zero-order chi connectivity index (χ0) is 14.9. The molecule has 3 nitrogen and oxygen atoms in total. The van der Waals surface area contributed by atoms with E-state index in [-0.39, 0.29) is 17.0 Å². The Bertz CT molecular complexity index is 519. The lowest BCUT2D eigenvalue weighted by Gasteiger charge is -2.21. The van der Waals surface area contributed by atoms with Crippen LogP contribution in [0.25, 0.3) is 0 Å². The Morgan fingerprint density at radius 3 is 2.70 bits per heavy atom. The Morgan fingerprint density at radius 1 is 1.40 bits per heavy atom. The third-order valence-corrected chi connectivity index (χ3v) is 5.16. The lowest BCUT2D eigenvalue weighted by atomic mass is 9.93. The maximum atomic E-state index is 12.4. The number of carbonyl (C=O) groups excluding carboxylic acids is 1. The number of anilines is 1.